The molecule has 0 aliphatic rings. The lowest BCUT2D eigenvalue weighted by atomic mass is 10.1. The third-order valence-corrected chi connectivity index (χ3v) is 2.58. The van der Waals surface area contributed by atoms with Gasteiger partial charge in [0.15, 0.2) is 0 Å². The normalized spacial score (nSPS) is 14.8. The molecule has 1 aromatic carbocycles. The summed E-state index contributed by atoms with van der Waals surface area (Å²) >= 11 is 5.75. The summed E-state index contributed by atoms with van der Waals surface area (Å²) in [6.45, 7) is 2.92. The van der Waals surface area contributed by atoms with E-state index in [9.17, 15) is 5.11 Å². The molecule has 3 N–H and O–H groups in total. The van der Waals surface area contributed by atoms with Crippen LogP contribution in [0.3, 0.4) is 0 Å². The Morgan fingerprint density at radius 3 is 2.44 bits per heavy atom. The summed E-state index contributed by atoms with van der Waals surface area (Å²) in [5, 5.41) is 22.6. The number of benzene rings is 1. The van der Waals surface area contributed by atoms with Crippen LogP contribution in [0.25, 0.3) is 0 Å². The van der Waals surface area contributed by atoms with Crippen LogP contribution in [0, 0.1) is 0 Å². The van der Waals surface area contributed by atoms with E-state index in [0.29, 0.717) is 24.5 Å². The maximum absolute atomic E-state index is 9.81. The molecule has 1 rings (SSSR count). The van der Waals surface area contributed by atoms with E-state index in [1.807, 2.05) is 12.1 Å². The summed E-state index contributed by atoms with van der Waals surface area (Å²) in [4.78, 5) is 0. The first-order valence-corrected chi connectivity index (χ1v) is 5.79. The van der Waals surface area contributed by atoms with Gasteiger partial charge in [-0.3, -0.25) is 0 Å². The fraction of sp³-hybridized carbons (Fsp3) is 0.500. The second-order valence-corrected chi connectivity index (χ2v) is 4.35. The minimum Gasteiger partial charge on any atom is -0.393 e. The van der Waals surface area contributed by atoms with Gasteiger partial charge in [-0.15, -0.1) is 0 Å². The average Bonchev–Trinajstić information content (AvgIpc) is 2.25. The number of nitrogens with one attached hydrogen (secondary N) is 1. The van der Waals surface area contributed by atoms with Crippen molar-refractivity contribution < 1.29 is 10.2 Å². The lowest BCUT2D eigenvalue weighted by Gasteiger charge is -2.12. The van der Waals surface area contributed by atoms with Crippen molar-refractivity contribution in [2.75, 3.05) is 13.1 Å². The van der Waals surface area contributed by atoms with Gasteiger partial charge in [-0.1, -0.05) is 23.7 Å². The van der Waals surface area contributed by atoms with Gasteiger partial charge < -0.3 is 15.5 Å². The predicted octanol–water partition coefficient (Wildman–Crippen LogP) is 1.73. The Morgan fingerprint density at radius 1 is 1.25 bits per heavy atom. The van der Waals surface area contributed by atoms with Crippen LogP contribution >= 0.6 is 11.6 Å². The van der Waals surface area contributed by atoms with E-state index in [1.165, 1.54) is 0 Å². The van der Waals surface area contributed by atoms with E-state index in [2.05, 4.69) is 5.32 Å². The van der Waals surface area contributed by atoms with Crippen molar-refractivity contribution in [2.24, 2.45) is 0 Å². The molecule has 0 aromatic heterocycles. The molecule has 0 heterocycles. The Hall–Kier alpha value is -0.610. The molecular formula is C12H18ClNO2. The van der Waals surface area contributed by atoms with Gasteiger partial charge in [0.25, 0.3) is 0 Å². The first kappa shape index (κ1) is 13.5. The molecule has 0 amide bonds. The van der Waals surface area contributed by atoms with Gasteiger partial charge in [-0.2, -0.15) is 0 Å². The molecule has 0 aliphatic heterocycles. The van der Waals surface area contributed by atoms with Crippen LogP contribution in [0.4, 0.5) is 0 Å². The SMILES string of the molecule is CC(O)CCNCC(O)c1ccc(Cl)cc1. The monoisotopic (exact) mass is 243 g/mol. The van der Waals surface area contributed by atoms with Gasteiger partial charge in [0.1, 0.15) is 0 Å². The number of hydrogen-bond acceptors (Lipinski definition) is 3. The van der Waals surface area contributed by atoms with E-state index < -0.39 is 6.10 Å². The zero-order chi connectivity index (χ0) is 12.0. The summed E-state index contributed by atoms with van der Waals surface area (Å²) in [6, 6.07) is 7.14. The van der Waals surface area contributed by atoms with Gasteiger partial charge in [-0.25, -0.2) is 0 Å². The van der Waals surface area contributed by atoms with Gasteiger partial charge in [0, 0.05) is 11.6 Å². The smallest absolute Gasteiger partial charge is 0.0914 e. The summed E-state index contributed by atoms with van der Waals surface area (Å²) in [6.07, 6.45) is -0.153. The second kappa shape index (κ2) is 6.86. The highest BCUT2D eigenvalue weighted by molar-refractivity contribution is 6.30. The van der Waals surface area contributed by atoms with Crippen molar-refractivity contribution in [3.63, 3.8) is 0 Å². The Labute approximate surface area is 101 Å². The molecule has 2 atom stereocenters. The second-order valence-electron chi connectivity index (χ2n) is 3.91. The number of hydrogen-bond donors (Lipinski definition) is 3. The Kier molecular flexibility index (Phi) is 5.77. The zero-order valence-electron chi connectivity index (χ0n) is 9.36. The number of rotatable bonds is 6. The van der Waals surface area contributed by atoms with Crippen LogP contribution in [0.15, 0.2) is 24.3 Å². The highest BCUT2D eigenvalue weighted by atomic mass is 35.5. The number of aliphatic hydroxyl groups is 2. The molecule has 90 valence electrons. The third-order valence-electron chi connectivity index (χ3n) is 2.33. The first-order valence-electron chi connectivity index (χ1n) is 5.42. The molecule has 4 heteroatoms. The van der Waals surface area contributed by atoms with Crippen molar-refractivity contribution in [3.8, 4) is 0 Å². The van der Waals surface area contributed by atoms with Gasteiger partial charge in [0.2, 0.25) is 0 Å². The van der Waals surface area contributed by atoms with Crippen molar-refractivity contribution >= 4 is 11.6 Å². The molecular weight excluding hydrogens is 226 g/mol. The first-order chi connectivity index (χ1) is 7.59. The maximum Gasteiger partial charge on any atom is 0.0914 e. The molecule has 0 radical (unpaired) electrons. The van der Waals surface area contributed by atoms with E-state index in [4.69, 9.17) is 16.7 Å². The zero-order valence-corrected chi connectivity index (χ0v) is 10.1. The largest absolute Gasteiger partial charge is 0.393 e. The maximum atomic E-state index is 9.81. The molecule has 16 heavy (non-hydrogen) atoms. The lowest BCUT2D eigenvalue weighted by molar-refractivity contribution is 0.162. The molecule has 2 unspecified atom stereocenters. The molecule has 0 aliphatic carbocycles. The summed E-state index contributed by atoms with van der Waals surface area (Å²) < 4.78 is 0. The van der Waals surface area contributed by atoms with Gasteiger partial charge in [0.05, 0.1) is 12.2 Å². The topological polar surface area (TPSA) is 52.5 Å². The highest BCUT2D eigenvalue weighted by Crippen LogP contribution is 2.15. The Morgan fingerprint density at radius 2 is 1.88 bits per heavy atom. The van der Waals surface area contributed by atoms with Crippen molar-refractivity contribution in [3.05, 3.63) is 34.9 Å². The van der Waals surface area contributed by atoms with E-state index in [-0.39, 0.29) is 6.10 Å². The van der Waals surface area contributed by atoms with Crippen LogP contribution in [-0.4, -0.2) is 29.4 Å². The summed E-state index contributed by atoms with van der Waals surface area (Å²) in [5.74, 6) is 0. The summed E-state index contributed by atoms with van der Waals surface area (Å²) in [7, 11) is 0. The molecule has 0 saturated carbocycles. The minimum absolute atomic E-state index is 0.305. The van der Waals surface area contributed by atoms with Gasteiger partial charge in [-0.05, 0) is 37.6 Å². The van der Waals surface area contributed by atoms with Gasteiger partial charge >= 0.3 is 0 Å². The van der Waals surface area contributed by atoms with Crippen LogP contribution in [0.2, 0.25) is 5.02 Å². The fourth-order valence-corrected chi connectivity index (χ4v) is 1.48. The quantitative estimate of drug-likeness (QED) is 0.667. The number of halogens is 1. The molecule has 3 nitrogen and oxygen atoms in total. The number of aliphatic hydroxyl groups excluding tert-OH is 2. The molecule has 0 fully saturated rings. The predicted molar refractivity (Wildman–Crippen MR) is 65.6 cm³/mol. The van der Waals surface area contributed by atoms with Crippen LogP contribution in [0.1, 0.15) is 25.0 Å². The van der Waals surface area contributed by atoms with Crippen LogP contribution in [0.5, 0.6) is 0 Å². The average molecular weight is 244 g/mol. The van der Waals surface area contributed by atoms with E-state index in [0.717, 1.165) is 5.56 Å². The van der Waals surface area contributed by atoms with Crippen LogP contribution in [-0.2, 0) is 0 Å². The molecule has 1 aromatic rings. The lowest BCUT2D eigenvalue weighted by Crippen LogP contribution is -2.24. The van der Waals surface area contributed by atoms with Crippen molar-refractivity contribution in [1.82, 2.24) is 5.32 Å². The standard InChI is InChI=1S/C12H18ClNO2/c1-9(15)6-7-14-8-12(16)10-2-4-11(13)5-3-10/h2-5,9,12,14-16H,6-8H2,1H3. The molecule has 0 spiro atoms. The molecule has 0 bridgehead atoms. The van der Waals surface area contributed by atoms with Crippen molar-refractivity contribution in [1.29, 1.82) is 0 Å². The minimum atomic E-state index is -0.536. The van der Waals surface area contributed by atoms with E-state index in [1.54, 1.807) is 19.1 Å². The molecule has 0 saturated heterocycles. The fourth-order valence-electron chi connectivity index (χ4n) is 1.35. The Balaban J connectivity index is 2.29. The summed E-state index contributed by atoms with van der Waals surface area (Å²) in [5.41, 5.74) is 0.842. The Bertz CT molecular complexity index is 300. The van der Waals surface area contributed by atoms with E-state index >= 15 is 0 Å². The highest BCUT2D eigenvalue weighted by Gasteiger charge is 2.06. The van der Waals surface area contributed by atoms with Crippen molar-refractivity contribution in [2.45, 2.75) is 25.6 Å². The third kappa shape index (κ3) is 4.94. The van der Waals surface area contributed by atoms with Crippen LogP contribution < -0.4 is 5.32 Å².